The number of aliphatic carboxylic acids is 1. The minimum Gasteiger partial charge on any atom is -0.481 e. The van der Waals surface area contributed by atoms with Crippen LogP contribution in [0.4, 0.5) is 4.79 Å². The zero-order valence-corrected chi connectivity index (χ0v) is 18.5. The molecule has 0 radical (unpaired) electrons. The van der Waals surface area contributed by atoms with Crippen molar-refractivity contribution in [1.29, 1.82) is 0 Å². The van der Waals surface area contributed by atoms with E-state index < -0.39 is 23.5 Å². The molecule has 0 spiro atoms. The molecule has 4 atom stereocenters. The van der Waals surface area contributed by atoms with E-state index in [4.69, 9.17) is 4.74 Å². The van der Waals surface area contributed by atoms with Crippen LogP contribution in [0.3, 0.4) is 0 Å². The molecule has 2 amide bonds. The summed E-state index contributed by atoms with van der Waals surface area (Å²) in [6.07, 6.45) is 1.62. The number of rotatable bonds is 7. The predicted octanol–water partition coefficient (Wildman–Crippen LogP) is 3.67. The average molecular weight is 449 g/mol. The molecule has 2 fully saturated rings. The molecule has 2 aromatic rings. The first-order chi connectivity index (χ1) is 15.9. The van der Waals surface area contributed by atoms with Crippen LogP contribution in [0.15, 0.2) is 48.5 Å². The number of alkyl carbamates (subject to hydrolysis) is 1. The van der Waals surface area contributed by atoms with Crippen molar-refractivity contribution in [2.75, 3.05) is 6.61 Å². The maximum Gasteiger partial charge on any atom is 0.407 e. The molecule has 33 heavy (non-hydrogen) atoms. The van der Waals surface area contributed by atoms with Gasteiger partial charge in [-0.3, -0.25) is 9.59 Å². The molecule has 3 aliphatic carbocycles. The number of amides is 2. The van der Waals surface area contributed by atoms with E-state index in [2.05, 4.69) is 34.9 Å². The first kappa shape index (κ1) is 21.5. The summed E-state index contributed by atoms with van der Waals surface area (Å²) in [6.45, 7) is 2.00. The van der Waals surface area contributed by atoms with Gasteiger partial charge in [-0.1, -0.05) is 55.5 Å². The van der Waals surface area contributed by atoms with E-state index >= 15 is 0 Å². The number of hydrogen-bond acceptors (Lipinski definition) is 4. The first-order valence-electron chi connectivity index (χ1n) is 11.6. The number of hydrogen-bond donors (Lipinski definition) is 3. The molecule has 3 N–H and O–H groups in total. The standard InChI is InChI=1S/C26H28N2O5/c1-2-22(23(29)27-16-11-15-12-26(15,13-16)24(30)31)28-25(32)33-14-21-19-9-5-3-7-17(19)18-8-4-6-10-20(18)21/h3-10,15-16,21-22H,2,11-14H2,1H3,(H,27,29)(H,28,32)(H,30,31)/t15-,16+,22+,26+/m0/s1. The fraction of sp³-hybridized carbons (Fsp3) is 0.423. The quantitative estimate of drug-likeness (QED) is 0.599. The molecule has 0 heterocycles. The molecule has 0 unspecified atom stereocenters. The Morgan fingerprint density at radius 3 is 2.27 bits per heavy atom. The zero-order chi connectivity index (χ0) is 23.2. The molecule has 3 aliphatic rings. The van der Waals surface area contributed by atoms with Crippen molar-refractivity contribution in [1.82, 2.24) is 10.6 Å². The van der Waals surface area contributed by atoms with Crippen LogP contribution in [0.25, 0.3) is 11.1 Å². The Morgan fingerprint density at radius 2 is 1.70 bits per heavy atom. The normalized spacial score (nSPS) is 25.4. The fourth-order valence-corrected chi connectivity index (χ4v) is 5.70. The maximum absolute atomic E-state index is 12.7. The molecule has 0 aliphatic heterocycles. The molecule has 0 saturated heterocycles. The third-order valence-electron chi connectivity index (χ3n) is 7.54. The van der Waals surface area contributed by atoms with Gasteiger partial charge in [0.25, 0.3) is 0 Å². The second-order valence-electron chi connectivity index (χ2n) is 9.44. The Kier molecular flexibility index (Phi) is 5.35. The average Bonchev–Trinajstić information content (AvgIpc) is 3.25. The van der Waals surface area contributed by atoms with Crippen molar-refractivity contribution in [3.8, 4) is 11.1 Å². The number of carbonyl (C=O) groups excluding carboxylic acids is 2. The summed E-state index contributed by atoms with van der Waals surface area (Å²) < 4.78 is 5.56. The SMILES string of the molecule is CC[C@@H](NC(=O)OCC1c2ccccc2-c2ccccc21)C(=O)N[C@@H]1C[C@H]2C[C@@]2(C(=O)O)C1. The Morgan fingerprint density at radius 1 is 1.06 bits per heavy atom. The molecule has 2 saturated carbocycles. The minimum atomic E-state index is -0.770. The fourth-order valence-electron chi connectivity index (χ4n) is 5.70. The van der Waals surface area contributed by atoms with Gasteiger partial charge in [0.2, 0.25) is 5.91 Å². The third kappa shape index (κ3) is 3.75. The summed E-state index contributed by atoms with van der Waals surface area (Å²) in [5.74, 6) is -0.962. The molecule has 0 aromatic heterocycles. The van der Waals surface area contributed by atoms with Crippen molar-refractivity contribution in [3.05, 3.63) is 59.7 Å². The second-order valence-corrected chi connectivity index (χ2v) is 9.44. The lowest BCUT2D eigenvalue weighted by atomic mass is 9.98. The summed E-state index contributed by atoms with van der Waals surface area (Å²) in [4.78, 5) is 36.7. The van der Waals surface area contributed by atoms with E-state index in [1.165, 1.54) is 0 Å². The number of carboxylic acid groups (broad SMARTS) is 1. The van der Waals surface area contributed by atoms with E-state index in [1.807, 2.05) is 31.2 Å². The van der Waals surface area contributed by atoms with Gasteiger partial charge in [-0.25, -0.2) is 4.79 Å². The largest absolute Gasteiger partial charge is 0.481 e. The van der Waals surface area contributed by atoms with Gasteiger partial charge in [0.05, 0.1) is 5.41 Å². The highest BCUT2D eigenvalue weighted by molar-refractivity contribution is 5.86. The highest BCUT2D eigenvalue weighted by Crippen LogP contribution is 2.63. The van der Waals surface area contributed by atoms with Crippen LogP contribution in [-0.4, -0.2) is 41.8 Å². The highest BCUT2D eigenvalue weighted by atomic mass is 16.5. The van der Waals surface area contributed by atoms with Gasteiger partial charge in [0.15, 0.2) is 0 Å². The van der Waals surface area contributed by atoms with Gasteiger partial charge >= 0.3 is 12.1 Å². The lowest BCUT2D eigenvalue weighted by Crippen LogP contribution is -2.49. The molecule has 7 nitrogen and oxygen atoms in total. The van der Waals surface area contributed by atoms with Crippen LogP contribution >= 0.6 is 0 Å². The summed E-state index contributed by atoms with van der Waals surface area (Å²) >= 11 is 0. The van der Waals surface area contributed by atoms with Crippen molar-refractivity contribution < 1.29 is 24.2 Å². The van der Waals surface area contributed by atoms with E-state index in [0.29, 0.717) is 25.7 Å². The van der Waals surface area contributed by atoms with Crippen LogP contribution in [-0.2, 0) is 14.3 Å². The Labute approximate surface area is 192 Å². The molecule has 0 bridgehead atoms. The maximum atomic E-state index is 12.7. The topological polar surface area (TPSA) is 105 Å². The van der Waals surface area contributed by atoms with Crippen molar-refractivity contribution in [2.45, 2.75) is 50.6 Å². The lowest BCUT2D eigenvalue weighted by molar-refractivity contribution is -0.143. The van der Waals surface area contributed by atoms with E-state index in [0.717, 1.165) is 22.3 Å². The molecular weight excluding hydrogens is 420 g/mol. The van der Waals surface area contributed by atoms with Gasteiger partial charge in [0.1, 0.15) is 12.6 Å². The molecule has 7 heteroatoms. The summed E-state index contributed by atoms with van der Waals surface area (Å²) in [5, 5.41) is 15.0. The number of carbonyl (C=O) groups is 3. The highest BCUT2D eigenvalue weighted by Gasteiger charge is 2.65. The number of ether oxygens (including phenoxy) is 1. The van der Waals surface area contributed by atoms with Gasteiger partial charge in [-0.05, 0) is 53.9 Å². The van der Waals surface area contributed by atoms with Crippen molar-refractivity contribution >= 4 is 18.0 Å². The van der Waals surface area contributed by atoms with Gasteiger partial charge in [-0.15, -0.1) is 0 Å². The number of benzene rings is 2. The number of fused-ring (bicyclic) bond motifs is 4. The van der Waals surface area contributed by atoms with E-state index in [9.17, 15) is 19.5 Å². The predicted molar refractivity (Wildman–Crippen MR) is 122 cm³/mol. The Balaban J connectivity index is 1.17. The zero-order valence-electron chi connectivity index (χ0n) is 18.5. The molecule has 172 valence electrons. The van der Waals surface area contributed by atoms with Crippen molar-refractivity contribution in [2.24, 2.45) is 11.3 Å². The number of carboxylic acids is 1. The van der Waals surface area contributed by atoms with E-state index in [-0.39, 0.29) is 30.4 Å². The second kappa shape index (κ2) is 8.21. The minimum absolute atomic E-state index is 0.0468. The Hall–Kier alpha value is -3.35. The van der Waals surface area contributed by atoms with Crippen LogP contribution in [0, 0.1) is 11.3 Å². The smallest absolute Gasteiger partial charge is 0.407 e. The van der Waals surface area contributed by atoms with E-state index in [1.54, 1.807) is 0 Å². The van der Waals surface area contributed by atoms with Crippen LogP contribution in [0.1, 0.15) is 49.7 Å². The molecular formula is C26H28N2O5. The Bertz CT molecular complexity index is 1070. The van der Waals surface area contributed by atoms with Gasteiger partial charge < -0.3 is 20.5 Å². The summed E-state index contributed by atoms with van der Waals surface area (Å²) in [7, 11) is 0. The van der Waals surface area contributed by atoms with Crippen molar-refractivity contribution in [3.63, 3.8) is 0 Å². The number of nitrogens with one attached hydrogen (secondary N) is 2. The van der Waals surface area contributed by atoms with Crippen LogP contribution < -0.4 is 10.6 Å². The molecule has 2 aromatic carbocycles. The van der Waals surface area contributed by atoms with Gasteiger partial charge in [-0.2, -0.15) is 0 Å². The van der Waals surface area contributed by atoms with Crippen LogP contribution in [0.2, 0.25) is 0 Å². The lowest BCUT2D eigenvalue weighted by Gasteiger charge is -2.22. The summed E-state index contributed by atoms with van der Waals surface area (Å²) in [5.41, 5.74) is 3.91. The first-order valence-corrected chi connectivity index (χ1v) is 11.6. The third-order valence-corrected chi connectivity index (χ3v) is 7.54. The van der Waals surface area contributed by atoms with Gasteiger partial charge in [0, 0.05) is 12.0 Å². The monoisotopic (exact) mass is 448 g/mol. The molecule has 5 rings (SSSR count). The van der Waals surface area contributed by atoms with Crippen LogP contribution in [0.5, 0.6) is 0 Å². The summed E-state index contributed by atoms with van der Waals surface area (Å²) in [6, 6.07) is 15.3.